The first-order valence-corrected chi connectivity index (χ1v) is 14.3. The molecule has 0 aliphatic carbocycles. The third-order valence-corrected chi connectivity index (χ3v) is 9.10. The summed E-state index contributed by atoms with van der Waals surface area (Å²) in [6, 6.07) is 11.2. The summed E-state index contributed by atoms with van der Waals surface area (Å²) in [5.41, 5.74) is 0.846. The minimum atomic E-state index is -0.552. The van der Waals surface area contributed by atoms with Crippen molar-refractivity contribution in [1.82, 2.24) is 19.9 Å². The standard InChI is InChI=1S/C31H34FN5O3/c1-36(21-8-14-39-15-9-21)29-25-18-33-27(24-17-22(38)16-20-6-2-3-7-23(20)24)26(32)28(25)34-30(35-29)40-19-31-10-4-12-37(31)13-5-11-31/h2-3,6-7,16-18,21,38H,4-5,8-15,19H2,1H3. The number of pyridine rings is 1. The predicted octanol–water partition coefficient (Wildman–Crippen LogP) is 5.31. The maximum absolute atomic E-state index is 16.5. The summed E-state index contributed by atoms with van der Waals surface area (Å²) in [6.07, 6.45) is 7.90. The highest BCUT2D eigenvalue weighted by Gasteiger charge is 2.45. The number of phenols is 1. The van der Waals surface area contributed by atoms with Gasteiger partial charge in [-0.3, -0.25) is 9.88 Å². The highest BCUT2D eigenvalue weighted by Crippen LogP contribution is 2.40. The zero-order valence-corrected chi connectivity index (χ0v) is 22.8. The second kappa shape index (κ2) is 10.1. The van der Waals surface area contributed by atoms with E-state index in [1.165, 1.54) is 12.8 Å². The van der Waals surface area contributed by atoms with Crippen molar-refractivity contribution in [2.24, 2.45) is 0 Å². The number of anilines is 1. The van der Waals surface area contributed by atoms with Crippen molar-refractivity contribution in [2.45, 2.75) is 50.1 Å². The quantitative estimate of drug-likeness (QED) is 0.350. The SMILES string of the molecule is CN(c1nc(OCC23CCCN2CCC3)nc2c(F)c(-c3cc(O)cc4ccccc34)ncc12)C1CCOCC1. The summed E-state index contributed by atoms with van der Waals surface area (Å²) in [6.45, 7) is 4.06. The zero-order chi connectivity index (χ0) is 27.3. The van der Waals surface area contributed by atoms with Gasteiger partial charge in [0.2, 0.25) is 0 Å². The molecule has 2 aromatic heterocycles. The number of aromatic hydroxyl groups is 1. The van der Waals surface area contributed by atoms with E-state index in [1.54, 1.807) is 18.3 Å². The maximum Gasteiger partial charge on any atom is 0.319 e. The Labute approximate surface area is 232 Å². The van der Waals surface area contributed by atoms with Crippen molar-refractivity contribution in [3.63, 3.8) is 0 Å². The minimum absolute atomic E-state index is 0.0213. The number of halogens is 1. The number of phenolic OH excluding ortho intramolecular Hbond substituents is 1. The molecule has 3 aliphatic heterocycles. The third-order valence-electron chi connectivity index (χ3n) is 9.10. The summed E-state index contributed by atoms with van der Waals surface area (Å²) in [7, 11) is 1.99. The molecule has 9 heteroatoms. The second-order valence-corrected chi connectivity index (χ2v) is 11.4. The van der Waals surface area contributed by atoms with E-state index in [4.69, 9.17) is 14.5 Å². The van der Waals surface area contributed by atoms with Gasteiger partial charge in [0.05, 0.1) is 10.9 Å². The molecule has 0 amide bonds. The first kappa shape index (κ1) is 25.4. The molecular formula is C31H34FN5O3. The Kier molecular flexibility index (Phi) is 6.43. The van der Waals surface area contributed by atoms with Crippen LogP contribution >= 0.6 is 0 Å². The number of rotatable bonds is 6. The van der Waals surface area contributed by atoms with E-state index < -0.39 is 5.82 Å². The maximum atomic E-state index is 16.5. The van der Waals surface area contributed by atoms with Gasteiger partial charge in [0.25, 0.3) is 0 Å². The average Bonchev–Trinajstić information content (AvgIpc) is 3.56. The van der Waals surface area contributed by atoms with Crippen molar-refractivity contribution >= 4 is 27.5 Å². The Bertz CT molecular complexity index is 1560. The normalized spacial score (nSPS) is 19.4. The Morgan fingerprint density at radius 3 is 2.67 bits per heavy atom. The van der Waals surface area contributed by atoms with Gasteiger partial charge in [0.1, 0.15) is 29.4 Å². The van der Waals surface area contributed by atoms with Gasteiger partial charge in [-0.05, 0) is 74.5 Å². The summed E-state index contributed by atoms with van der Waals surface area (Å²) in [5, 5.41) is 12.6. The van der Waals surface area contributed by atoms with E-state index in [-0.39, 0.29) is 34.6 Å². The molecule has 4 aromatic rings. The molecule has 7 rings (SSSR count). The monoisotopic (exact) mass is 543 g/mol. The molecule has 5 heterocycles. The van der Waals surface area contributed by atoms with E-state index in [0.717, 1.165) is 49.5 Å². The number of hydrogen-bond acceptors (Lipinski definition) is 8. The van der Waals surface area contributed by atoms with Crippen LogP contribution in [0.3, 0.4) is 0 Å². The topological polar surface area (TPSA) is 83.8 Å². The molecule has 0 bridgehead atoms. The van der Waals surface area contributed by atoms with Gasteiger partial charge in [0, 0.05) is 38.1 Å². The van der Waals surface area contributed by atoms with Crippen molar-refractivity contribution in [2.75, 3.05) is 44.9 Å². The van der Waals surface area contributed by atoms with Gasteiger partial charge in [0.15, 0.2) is 5.82 Å². The Morgan fingerprint density at radius 1 is 1.10 bits per heavy atom. The number of fused-ring (bicyclic) bond motifs is 3. The van der Waals surface area contributed by atoms with Crippen LogP contribution in [0, 0.1) is 5.82 Å². The Morgan fingerprint density at radius 2 is 1.88 bits per heavy atom. The lowest BCUT2D eigenvalue weighted by Crippen LogP contribution is -2.43. The van der Waals surface area contributed by atoms with Gasteiger partial charge in [-0.2, -0.15) is 9.97 Å². The van der Waals surface area contributed by atoms with E-state index in [2.05, 4.69) is 19.8 Å². The smallest absolute Gasteiger partial charge is 0.319 e. The lowest BCUT2D eigenvalue weighted by molar-refractivity contribution is 0.0853. The third kappa shape index (κ3) is 4.32. The molecule has 3 saturated heterocycles. The van der Waals surface area contributed by atoms with E-state index in [1.807, 2.05) is 31.3 Å². The van der Waals surface area contributed by atoms with Crippen LogP contribution in [0.25, 0.3) is 32.9 Å². The molecule has 2 aromatic carbocycles. The Hall–Kier alpha value is -3.56. The molecule has 1 N–H and O–H groups in total. The van der Waals surface area contributed by atoms with Crippen LogP contribution in [0.1, 0.15) is 38.5 Å². The largest absolute Gasteiger partial charge is 0.508 e. The number of nitrogens with zero attached hydrogens (tertiary/aromatic N) is 5. The van der Waals surface area contributed by atoms with Crippen LogP contribution < -0.4 is 9.64 Å². The van der Waals surface area contributed by atoms with Crippen molar-refractivity contribution in [3.8, 4) is 23.0 Å². The van der Waals surface area contributed by atoms with Crippen LogP contribution in [0.15, 0.2) is 42.6 Å². The Balaban J connectivity index is 1.34. The van der Waals surface area contributed by atoms with Crippen LogP contribution in [0.2, 0.25) is 0 Å². The van der Waals surface area contributed by atoms with Gasteiger partial charge in [-0.25, -0.2) is 4.39 Å². The molecular weight excluding hydrogens is 509 g/mol. The average molecular weight is 544 g/mol. The molecule has 40 heavy (non-hydrogen) atoms. The highest BCUT2D eigenvalue weighted by molar-refractivity contribution is 5.99. The summed E-state index contributed by atoms with van der Waals surface area (Å²) in [4.78, 5) is 18.7. The number of ether oxygens (including phenoxy) is 2. The fraction of sp³-hybridized carbons (Fsp3) is 0.452. The molecule has 208 valence electrons. The fourth-order valence-electron chi connectivity index (χ4n) is 6.94. The van der Waals surface area contributed by atoms with E-state index in [0.29, 0.717) is 36.6 Å². The zero-order valence-electron chi connectivity index (χ0n) is 22.8. The van der Waals surface area contributed by atoms with Crippen molar-refractivity contribution in [1.29, 1.82) is 0 Å². The lowest BCUT2D eigenvalue weighted by Gasteiger charge is -2.33. The predicted molar refractivity (Wildman–Crippen MR) is 152 cm³/mol. The first-order valence-electron chi connectivity index (χ1n) is 14.3. The van der Waals surface area contributed by atoms with Crippen molar-refractivity contribution < 1.29 is 19.0 Å². The van der Waals surface area contributed by atoms with E-state index >= 15 is 4.39 Å². The first-order chi connectivity index (χ1) is 19.5. The molecule has 0 atom stereocenters. The number of hydrogen-bond donors (Lipinski definition) is 1. The van der Waals surface area contributed by atoms with Crippen LogP contribution in [-0.4, -0.2) is 76.5 Å². The molecule has 0 saturated carbocycles. The minimum Gasteiger partial charge on any atom is -0.508 e. The van der Waals surface area contributed by atoms with Gasteiger partial charge < -0.3 is 19.5 Å². The van der Waals surface area contributed by atoms with Crippen LogP contribution in [0.4, 0.5) is 10.2 Å². The molecule has 3 fully saturated rings. The molecule has 0 spiro atoms. The van der Waals surface area contributed by atoms with Crippen LogP contribution in [0.5, 0.6) is 11.8 Å². The van der Waals surface area contributed by atoms with Gasteiger partial charge in [-0.1, -0.05) is 24.3 Å². The van der Waals surface area contributed by atoms with Crippen molar-refractivity contribution in [3.05, 3.63) is 48.4 Å². The summed E-state index contributed by atoms with van der Waals surface area (Å²) in [5.74, 6) is 0.111. The summed E-state index contributed by atoms with van der Waals surface area (Å²) >= 11 is 0. The van der Waals surface area contributed by atoms with Gasteiger partial charge in [-0.15, -0.1) is 0 Å². The highest BCUT2D eigenvalue weighted by atomic mass is 19.1. The summed E-state index contributed by atoms with van der Waals surface area (Å²) < 4.78 is 28.4. The fourth-order valence-corrected chi connectivity index (χ4v) is 6.94. The van der Waals surface area contributed by atoms with Crippen LogP contribution in [-0.2, 0) is 4.74 Å². The number of benzene rings is 2. The second-order valence-electron chi connectivity index (χ2n) is 11.4. The molecule has 0 unspecified atom stereocenters. The lowest BCUT2D eigenvalue weighted by atomic mass is 9.95. The number of aromatic nitrogens is 3. The van der Waals surface area contributed by atoms with Gasteiger partial charge >= 0.3 is 6.01 Å². The molecule has 0 radical (unpaired) electrons. The molecule has 8 nitrogen and oxygen atoms in total. The van der Waals surface area contributed by atoms with E-state index in [9.17, 15) is 5.11 Å². The molecule has 3 aliphatic rings.